The molecule has 0 unspecified atom stereocenters. The Morgan fingerprint density at radius 2 is 2.20 bits per heavy atom. The van der Waals surface area contributed by atoms with Gasteiger partial charge in [-0.15, -0.1) is 0 Å². The molecule has 8 heteroatoms. The SMILES string of the molecule is C[C@H]1Cc2c(NC(=O)Cn3cnc4ccccc43)nn(C)c2NC1=O. The molecule has 4 rings (SSSR count). The van der Waals surface area contributed by atoms with Gasteiger partial charge in [0.15, 0.2) is 5.82 Å². The van der Waals surface area contributed by atoms with Crippen molar-refractivity contribution in [1.29, 1.82) is 0 Å². The third-order valence-electron chi connectivity index (χ3n) is 4.44. The van der Waals surface area contributed by atoms with Crippen molar-refractivity contribution in [2.75, 3.05) is 10.6 Å². The van der Waals surface area contributed by atoms with E-state index in [1.165, 1.54) is 0 Å². The first-order valence-corrected chi connectivity index (χ1v) is 8.09. The lowest BCUT2D eigenvalue weighted by molar-refractivity contribution is -0.119. The van der Waals surface area contributed by atoms with Gasteiger partial charge in [0.1, 0.15) is 12.4 Å². The quantitative estimate of drug-likeness (QED) is 0.757. The van der Waals surface area contributed by atoms with Crippen LogP contribution in [0.2, 0.25) is 0 Å². The summed E-state index contributed by atoms with van der Waals surface area (Å²) < 4.78 is 3.38. The van der Waals surface area contributed by atoms with Gasteiger partial charge in [-0.25, -0.2) is 4.98 Å². The minimum atomic E-state index is -0.186. The lowest BCUT2D eigenvalue weighted by Crippen LogP contribution is -2.29. The fourth-order valence-corrected chi connectivity index (χ4v) is 3.12. The Kier molecular flexibility index (Phi) is 3.52. The van der Waals surface area contributed by atoms with Crippen LogP contribution in [0.1, 0.15) is 12.5 Å². The van der Waals surface area contributed by atoms with Gasteiger partial charge in [0.05, 0.1) is 17.4 Å². The van der Waals surface area contributed by atoms with Crippen LogP contribution in [0.4, 0.5) is 11.6 Å². The van der Waals surface area contributed by atoms with Crippen LogP contribution >= 0.6 is 0 Å². The zero-order valence-corrected chi connectivity index (χ0v) is 14.0. The van der Waals surface area contributed by atoms with E-state index in [4.69, 9.17) is 0 Å². The molecule has 0 spiro atoms. The summed E-state index contributed by atoms with van der Waals surface area (Å²) >= 11 is 0. The number of amides is 2. The van der Waals surface area contributed by atoms with Gasteiger partial charge in [-0.1, -0.05) is 19.1 Å². The first-order valence-electron chi connectivity index (χ1n) is 8.09. The molecule has 25 heavy (non-hydrogen) atoms. The van der Waals surface area contributed by atoms with Crippen molar-refractivity contribution in [3.8, 4) is 0 Å². The topological polar surface area (TPSA) is 93.8 Å². The van der Waals surface area contributed by atoms with Crippen LogP contribution < -0.4 is 10.6 Å². The molecular formula is C17H18N6O2. The Morgan fingerprint density at radius 3 is 3.04 bits per heavy atom. The summed E-state index contributed by atoms with van der Waals surface area (Å²) in [6, 6.07) is 7.66. The van der Waals surface area contributed by atoms with Crippen molar-refractivity contribution in [2.45, 2.75) is 19.9 Å². The third kappa shape index (κ3) is 2.65. The van der Waals surface area contributed by atoms with E-state index in [0.29, 0.717) is 18.1 Å². The number of carbonyl (C=O) groups excluding carboxylic acids is 2. The highest BCUT2D eigenvalue weighted by molar-refractivity contribution is 5.98. The number of para-hydroxylation sites is 2. The highest BCUT2D eigenvalue weighted by Gasteiger charge is 2.29. The Morgan fingerprint density at radius 1 is 1.40 bits per heavy atom. The number of rotatable bonds is 3. The van der Waals surface area contributed by atoms with Gasteiger partial charge in [0, 0.05) is 18.5 Å². The third-order valence-corrected chi connectivity index (χ3v) is 4.44. The zero-order chi connectivity index (χ0) is 17.6. The average Bonchev–Trinajstić information content (AvgIpc) is 3.11. The summed E-state index contributed by atoms with van der Waals surface area (Å²) in [6.45, 7) is 2.00. The molecule has 3 heterocycles. The summed E-state index contributed by atoms with van der Waals surface area (Å²) in [4.78, 5) is 28.6. The lowest BCUT2D eigenvalue weighted by Gasteiger charge is -2.19. The molecule has 0 aliphatic carbocycles. The minimum Gasteiger partial charge on any atom is -0.321 e. The van der Waals surface area contributed by atoms with Gasteiger partial charge < -0.3 is 15.2 Å². The number of benzene rings is 1. The highest BCUT2D eigenvalue weighted by Crippen LogP contribution is 2.31. The number of imidazole rings is 1. The van der Waals surface area contributed by atoms with Crippen LogP contribution in [0.25, 0.3) is 11.0 Å². The molecule has 1 aliphatic heterocycles. The van der Waals surface area contributed by atoms with Gasteiger partial charge in [-0.2, -0.15) is 5.10 Å². The summed E-state index contributed by atoms with van der Waals surface area (Å²) in [7, 11) is 1.74. The van der Waals surface area contributed by atoms with Gasteiger partial charge in [0.25, 0.3) is 0 Å². The molecule has 2 N–H and O–H groups in total. The molecule has 3 aromatic rings. The van der Waals surface area contributed by atoms with Crippen LogP contribution in [0.3, 0.4) is 0 Å². The molecule has 128 valence electrons. The van der Waals surface area contributed by atoms with E-state index in [-0.39, 0.29) is 24.3 Å². The maximum absolute atomic E-state index is 12.5. The van der Waals surface area contributed by atoms with Crippen molar-refractivity contribution >= 4 is 34.5 Å². The maximum atomic E-state index is 12.5. The maximum Gasteiger partial charge on any atom is 0.245 e. The molecule has 2 aromatic heterocycles. The molecule has 0 bridgehead atoms. The number of hydrogen-bond acceptors (Lipinski definition) is 4. The Bertz CT molecular complexity index is 986. The van der Waals surface area contributed by atoms with Crippen LogP contribution in [0, 0.1) is 5.92 Å². The zero-order valence-electron chi connectivity index (χ0n) is 14.0. The number of nitrogens with zero attached hydrogens (tertiary/aromatic N) is 4. The fourth-order valence-electron chi connectivity index (χ4n) is 3.12. The second-order valence-corrected chi connectivity index (χ2v) is 6.30. The van der Waals surface area contributed by atoms with E-state index in [2.05, 4.69) is 20.7 Å². The van der Waals surface area contributed by atoms with E-state index in [1.54, 1.807) is 22.6 Å². The number of anilines is 2. The summed E-state index contributed by atoms with van der Waals surface area (Å²) in [6.07, 6.45) is 2.21. The normalized spacial score (nSPS) is 16.6. The van der Waals surface area contributed by atoms with Crippen LogP contribution in [-0.2, 0) is 29.6 Å². The molecule has 1 atom stereocenters. The molecule has 0 saturated carbocycles. The Hall–Kier alpha value is -3.16. The number of carbonyl (C=O) groups is 2. The predicted octanol–water partition coefficient (Wildman–Crippen LogP) is 1.54. The van der Waals surface area contributed by atoms with Gasteiger partial charge in [0.2, 0.25) is 11.8 Å². The summed E-state index contributed by atoms with van der Waals surface area (Å²) in [5.41, 5.74) is 2.61. The highest BCUT2D eigenvalue weighted by atomic mass is 16.2. The van der Waals surface area contributed by atoms with Gasteiger partial charge in [-0.05, 0) is 18.6 Å². The fraction of sp³-hybridized carbons (Fsp3) is 0.294. The monoisotopic (exact) mass is 338 g/mol. The first-order chi connectivity index (χ1) is 12.0. The Balaban J connectivity index is 1.56. The van der Waals surface area contributed by atoms with Crippen LogP contribution in [0.15, 0.2) is 30.6 Å². The van der Waals surface area contributed by atoms with Crippen molar-refractivity contribution in [2.24, 2.45) is 13.0 Å². The molecule has 0 radical (unpaired) electrons. The molecule has 2 amide bonds. The van der Waals surface area contributed by atoms with Crippen LogP contribution in [0.5, 0.6) is 0 Å². The van der Waals surface area contributed by atoms with E-state index in [9.17, 15) is 9.59 Å². The number of hydrogen-bond donors (Lipinski definition) is 2. The van der Waals surface area contributed by atoms with Crippen molar-refractivity contribution < 1.29 is 9.59 Å². The minimum absolute atomic E-state index is 0.0294. The smallest absolute Gasteiger partial charge is 0.245 e. The van der Waals surface area contributed by atoms with Crippen molar-refractivity contribution in [1.82, 2.24) is 19.3 Å². The molecule has 8 nitrogen and oxygen atoms in total. The van der Waals surface area contributed by atoms with E-state index in [1.807, 2.05) is 31.2 Å². The largest absolute Gasteiger partial charge is 0.321 e. The number of fused-ring (bicyclic) bond motifs is 2. The van der Waals surface area contributed by atoms with Crippen molar-refractivity contribution in [3.63, 3.8) is 0 Å². The number of aromatic nitrogens is 4. The number of nitrogens with one attached hydrogen (secondary N) is 2. The molecule has 1 aliphatic rings. The van der Waals surface area contributed by atoms with Gasteiger partial charge in [-0.3, -0.25) is 14.3 Å². The average molecular weight is 338 g/mol. The molecule has 1 aromatic carbocycles. The molecular weight excluding hydrogens is 320 g/mol. The second kappa shape index (κ2) is 5.73. The standard InChI is InChI=1S/C17H18N6O2/c1-10-7-11-15(21-22(2)16(11)20-17(10)25)19-14(24)8-23-9-18-12-5-3-4-6-13(12)23/h3-6,9-10H,7-8H2,1-2H3,(H,20,25)(H,19,21,24)/t10-/m0/s1. The molecule has 0 saturated heterocycles. The Labute approximate surface area is 143 Å². The second-order valence-electron chi connectivity index (χ2n) is 6.30. The van der Waals surface area contributed by atoms with Gasteiger partial charge >= 0.3 is 0 Å². The molecule has 0 fully saturated rings. The summed E-state index contributed by atoms with van der Waals surface area (Å²) in [5, 5.41) is 10.0. The van der Waals surface area contributed by atoms with E-state index < -0.39 is 0 Å². The van der Waals surface area contributed by atoms with Crippen molar-refractivity contribution in [3.05, 3.63) is 36.2 Å². The lowest BCUT2D eigenvalue weighted by atomic mass is 9.98. The first kappa shape index (κ1) is 15.4. The number of aryl methyl sites for hydroxylation is 1. The van der Waals surface area contributed by atoms with E-state index in [0.717, 1.165) is 16.6 Å². The predicted molar refractivity (Wildman–Crippen MR) is 93.1 cm³/mol. The summed E-state index contributed by atoms with van der Waals surface area (Å²) in [5.74, 6) is 0.780. The van der Waals surface area contributed by atoms with Crippen LogP contribution in [-0.4, -0.2) is 31.1 Å². The van der Waals surface area contributed by atoms with E-state index >= 15 is 0 Å².